The van der Waals surface area contributed by atoms with E-state index in [1.54, 1.807) is 11.8 Å². The molecule has 7 heteroatoms. The van der Waals surface area contributed by atoms with Gasteiger partial charge < -0.3 is 13.9 Å². The van der Waals surface area contributed by atoms with Crippen molar-refractivity contribution in [1.29, 1.82) is 0 Å². The average molecular weight is 724 g/mol. The highest BCUT2D eigenvalue weighted by Gasteiger charge is 2.59. The summed E-state index contributed by atoms with van der Waals surface area (Å²) in [6.07, 6.45) is 9.34. The number of rotatable bonds is 20. The summed E-state index contributed by atoms with van der Waals surface area (Å²) in [5.41, 5.74) is 1.56. The summed E-state index contributed by atoms with van der Waals surface area (Å²) < 4.78 is 18.2. The number of hydrogen-bond acceptors (Lipinski definition) is 6. The van der Waals surface area contributed by atoms with Gasteiger partial charge in [0.05, 0.1) is 25.9 Å². The first-order valence-corrected chi connectivity index (χ1v) is 20.7. The standard InChI is InChI=1S/C44H55O5SSi/c1-43(2,3)44(42(46)48-5,49-51(37-28-17-11-18-29-37)38-30-19-12-20-31-38)41(50-34-33-40(45)47-4)39-32-22-21-27-36(39)26-16-9-7-6-8-13-23-35-24-14-10-15-25-35/h10-12,14-15,17-22,24-25,27-32,41H,6-9,13,16,23,26,33-34H2,1-5H3. The van der Waals surface area contributed by atoms with Crippen LogP contribution in [-0.4, -0.2) is 46.6 Å². The highest BCUT2D eigenvalue weighted by molar-refractivity contribution is 7.99. The minimum atomic E-state index is -1.96. The largest absolute Gasteiger partial charge is 0.469 e. The van der Waals surface area contributed by atoms with Crippen molar-refractivity contribution in [1.82, 2.24) is 0 Å². The molecule has 0 fully saturated rings. The van der Waals surface area contributed by atoms with E-state index in [2.05, 4.69) is 93.6 Å². The molecule has 51 heavy (non-hydrogen) atoms. The number of carbonyl (C=O) groups excluding carboxylic acids is 2. The van der Waals surface area contributed by atoms with Crippen LogP contribution in [0.3, 0.4) is 0 Å². The monoisotopic (exact) mass is 723 g/mol. The highest BCUT2D eigenvalue weighted by atomic mass is 32.2. The van der Waals surface area contributed by atoms with Gasteiger partial charge in [-0.2, -0.15) is 0 Å². The molecule has 0 bridgehead atoms. The Morgan fingerprint density at radius 1 is 0.647 bits per heavy atom. The van der Waals surface area contributed by atoms with Gasteiger partial charge in [0, 0.05) is 11.2 Å². The molecule has 0 aliphatic heterocycles. The number of unbranched alkanes of at least 4 members (excludes halogenated alkanes) is 5. The highest BCUT2D eigenvalue weighted by Crippen LogP contribution is 2.52. The number of aryl methyl sites for hydroxylation is 2. The molecule has 271 valence electrons. The third-order valence-corrected chi connectivity index (χ3v) is 13.1. The van der Waals surface area contributed by atoms with Gasteiger partial charge in [-0.3, -0.25) is 4.79 Å². The Kier molecular flexibility index (Phi) is 16.1. The normalized spacial score (nSPS) is 13.4. The maximum Gasteiger partial charge on any atom is 0.339 e. The van der Waals surface area contributed by atoms with Gasteiger partial charge in [-0.15, -0.1) is 11.8 Å². The lowest BCUT2D eigenvalue weighted by atomic mass is 9.71. The van der Waals surface area contributed by atoms with Gasteiger partial charge in [0.1, 0.15) is 0 Å². The van der Waals surface area contributed by atoms with Crippen molar-refractivity contribution in [3.63, 3.8) is 0 Å². The van der Waals surface area contributed by atoms with Crippen LogP contribution in [-0.2, 0) is 36.3 Å². The van der Waals surface area contributed by atoms with Crippen LogP contribution in [0.5, 0.6) is 0 Å². The zero-order chi connectivity index (χ0) is 36.5. The van der Waals surface area contributed by atoms with Crippen LogP contribution in [0.25, 0.3) is 0 Å². The number of ether oxygens (including phenoxy) is 2. The number of esters is 2. The van der Waals surface area contributed by atoms with E-state index in [4.69, 9.17) is 13.9 Å². The fourth-order valence-corrected chi connectivity index (χ4v) is 10.8. The fourth-order valence-electron chi connectivity index (χ4n) is 6.63. The summed E-state index contributed by atoms with van der Waals surface area (Å²) in [5.74, 6) is -0.229. The van der Waals surface area contributed by atoms with Crippen molar-refractivity contribution >= 4 is 43.1 Å². The van der Waals surface area contributed by atoms with Gasteiger partial charge >= 0.3 is 11.9 Å². The number of thioether (sulfide) groups is 1. The van der Waals surface area contributed by atoms with Crippen molar-refractivity contribution in [2.24, 2.45) is 5.41 Å². The van der Waals surface area contributed by atoms with E-state index in [0.29, 0.717) is 5.75 Å². The van der Waals surface area contributed by atoms with Crippen molar-refractivity contribution in [3.8, 4) is 0 Å². The first-order chi connectivity index (χ1) is 24.7. The van der Waals surface area contributed by atoms with E-state index < -0.39 is 31.3 Å². The Hall–Kier alpha value is -3.65. The molecule has 0 saturated carbocycles. The van der Waals surface area contributed by atoms with Crippen LogP contribution in [0.15, 0.2) is 115 Å². The molecule has 2 atom stereocenters. The molecule has 1 radical (unpaired) electrons. The van der Waals surface area contributed by atoms with Crippen LogP contribution < -0.4 is 10.4 Å². The number of benzene rings is 4. The average Bonchev–Trinajstić information content (AvgIpc) is 3.15. The smallest absolute Gasteiger partial charge is 0.339 e. The Labute approximate surface area is 312 Å². The quantitative estimate of drug-likeness (QED) is 0.0516. The predicted octanol–water partition coefficient (Wildman–Crippen LogP) is 8.93. The fraction of sp³-hybridized carbons (Fsp3) is 0.409. The zero-order valence-corrected chi connectivity index (χ0v) is 32.9. The van der Waals surface area contributed by atoms with Crippen LogP contribution in [0, 0.1) is 5.41 Å². The second-order valence-corrected chi connectivity index (χ2v) is 17.3. The lowest BCUT2D eigenvalue weighted by Gasteiger charge is -2.49. The molecule has 0 aliphatic rings. The SMILES string of the molecule is COC(=O)CCSC(c1ccccc1CCCCCCCCc1ccccc1)C(O[Si](c1ccccc1)c1ccccc1)(C(=O)OC)C(C)(C)C. The topological polar surface area (TPSA) is 61.8 Å². The van der Waals surface area contributed by atoms with Crippen LogP contribution in [0.4, 0.5) is 0 Å². The lowest BCUT2D eigenvalue weighted by Crippen LogP contribution is -2.63. The summed E-state index contributed by atoms with van der Waals surface area (Å²) >= 11 is 1.58. The van der Waals surface area contributed by atoms with Crippen LogP contribution in [0.2, 0.25) is 0 Å². The molecule has 0 N–H and O–H groups in total. The second-order valence-electron chi connectivity index (χ2n) is 14.0. The van der Waals surface area contributed by atoms with Crippen molar-refractivity contribution in [2.45, 2.75) is 89.4 Å². The minimum Gasteiger partial charge on any atom is -0.469 e. The predicted molar refractivity (Wildman–Crippen MR) is 213 cm³/mol. The van der Waals surface area contributed by atoms with Gasteiger partial charge in [0.15, 0.2) is 5.60 Å². The molecule has 4 aromatic rings. The molecule has 0 saturated heterocycles. The zero-order valence-electron chi connectivity index (χ0n) is 31.1. The van der Waals surface area contributed by atoms with E-state index in [-0.39, 0.29) is 12.4 Å². The molecule has 4 aromatic carbocycles. The second kappa shape index (κ2) is 20.4. The molecule has 0 aromatic heterocycles. The van der Waals surface area contributed by atoms with Crippen molar-refractivity contribution in [2.75, 3.05) is 20.0 Å². The Morgan fingerprint density at radius 2 is 1.16 bits per heavy atom. The summed E-state index contributed by atoms with van der Waals surface area (Å²) in [7, 11) is 0.904. The molecule has 4 rings (SSSR count). The maximum absolute atomic E-state index is 14.6. The lowest BCUT2D eigenvalue weighted by molar-refractivity contribution is -0.171. The Morgan fingerprint density at radius 3 is 1.71 bits per heavy atom. The van der Waals surface area contributed by atoms with E-state index in [9.17, 15) is 9.59 Å². The molecule has 0 amide bonds. The number of methoxy groups -OCH3 is 2. The molecule has 0 spiro atoms. The first-order valence-electron chi connectivity index (χ1n) is 18.3. The minimum absolute atomic E-state index is 0.223. The van der Waals surface area contributed by atoms with E-state index in [1.807, 2.05) is 42.5 Å². The van der Waals surface area contributed by atoms with Gasteiger partial charge in [-0.25, -0.2) is 4.79 Å². The molecule has 2 unspecified atom stereocenters. The molecule has 0 heterocycles. The van der Waals surface area contributed by atoms with Crippen LogP contribution in [0.1, 0.15) is 87.7 Å². The molecule has 0 aliphatic carbocycles. The van der Waals surface area contributed by atoms with E-state index >= 15 is 0 Å². The third-order valence-electron chi connectivity index (χ3n) is 9.47. The Balaban J connectivity index is 1.66. The van der Waals surface area contributed by atoms with E-state index in [0.717, 1.165) is 41.6 Å². The summed E-state index contributed by atoms with van der Waals surface area (Å²) in [6, 6.07) is 39.6. The van der Waals surface area contributed by atoms with Crippen molar-refractivity contribution < 1.29 is 23.5 Å². The van der Waals surface area contributed by atoms with Crippen molar-refractivity contribution in [3.05, 3.63) is 132 Å². The molecular weight excluding hydrogens is 669 g/mol. The summed E-state index contributed by atoms with van der Waals surface area (Å²) in [6.45, 7) is 6.19. The maximum atomic E-state index is 14.6. The Bertz CT molecular complexity index is 1570. The number of carbonyl (C=O) groups is 2. The van der Waals surface area contributed by atoms with E-state index in [1.165, 1.54) is 51.0 Å². The van der Waals surface area contributed by atoms with Gasteiger partial charge in [-0.1, -0.05) is 162 Å². The molecular formula is C44H55O5SSi. The van der Waals surface area contributed by atoms with Gasteiger partial charge in [0.2, 0.25) is 0 Å². The molecule has 5 nitrogen and oxygen atoms in total. The number of hydrogen-bond donors (Lipinski definition) is 0. The van der Waals surface area contributed by atoms with Crippen LogP contribution >= 0.6 is 11.8 Å². The third kappa shape index (κ3) is 11.2. The summed E-state index contributed by atoms with van der Waals surface area (Å²) in [4.78, 5) is 27.0. The first kappa shape index (κ1) is 40.1. The van der Waals surface area contributed by atoms with Gasteiger partial charge in [0.25, 0.3) is 9.04 Å². The van der Waals surface area contributed by atoms with Gasteiger partial charge in [-0.05, 0) is 52.7 Å². The summed E-state index contributed by atoms with van der Waals surface area (Å²) in [5, 5.41) is 1.62.